The van der Waals surface area contributed by atoms with E-state index in [1.165, 1.54) is 166 Å². The summed E-state index contributed by atoms with van der Waals surface area (Å²) >= 11 is 0. The monoisotopic (exact) mass is 994 g/mol. The minimum absolute atomic E-state index is 0.232. The first-order valence-corrected chi connectivity index (χ1v) is 27.8. The van der Waals surface area contributed by atoms with Crippen molar-refractivity contribution in [3.63, 3.8) is 0 Å². The average molecular weight is 995 g/mol. The van der Waals surface area contributed by atoms with E-state index in [2.05, 4.69) is 274 Å². The number of hydrogen-bond acceptors (Lipinski definition) is 0. The van der Waals surface area contributed by atoms with Gasteiger partial charge in [0.2, 0.25) is 0 Å². The molecule has 2 aromatic heterocycles. The van der Waals surface area contributed by atoms with Crippen LogP contribution in [0.2, 0.25) is 0 Å². The summed E-state index contributed by atoms with van der Waals surface area (Å²) in [5.41, 5.74) is 28.7. The van der Waals surface area contributed by atoms with Gasteiger partial charge in [-0.15, -0.1) is 0 Å². The van der Waals surface area contributed by atoms with Crippen molar-refractivity contribution in [3.05, 3.63) is 264 Å². The Kier molecular flexibility index (Phi) is 8.71. The zero-order valence-electron chi connectivity index (χ0n) is 44.4. The second kappa shape index (κ2) is 15.5. The molecule has 78 heavy (non-hydrogen) atoms. The molecule has 0 radical (unpaired) electrons. The first-order chi connectivity index (χ1) is 38.2. The summed E-state index contributed by atoms with van der Waals surface area (Å²) in [6, 6.07) is 87.3. The van der Waals surface area contributed by atoms with E-state index in [4.69, 9.17) is 0 Å². The van der Waals surface area contributed by atoms with E-state index >= 15 is 0 Å². The van der Waals surface area contributed by atoms with Crippen LogP contribution in [0.4, 0.5) is 0 Å². The summed E-state index contributed by atoms with van der Waals surface area (Å²) in [4.78, 5) is 0. The number of fused-ring (bicyclic) bond motifs is 19. The van der Waals surface area contributed by atoms with Gasteiger partial charge in [-0.1, -0.05) is 192 Å². The third kappa shape index (κ3) is 5.61. The smallest absolute Gasteiger partial charge is 0.0619 e. The van der Waals surface area contributed by atoms with Crippen LogP contribution in [-0.2, 0) is 10.8 Å². The fraction of sp³-hybridized carbons (Fsp3) is 0.105. The predicted molar refractivity (Wildman–Crippen MR) is 329 cm³/mol. The molecule has 17 rings (SSSR count). The van der Waals surface area contributed by atoms with E-state index in [1.54, 1.807) is 0 Å². The SMILES string of the molecule is CC1c2cc3c(cc2-c2cc4c(cc21)-c1c(cc(-c2cccc5c6ccccc6n(-c6ccccc6)c25)c2ccccc12)C4(C)C)C(C)(C)c1cc(-c2cccc4c5ccccc5n(-c5ccccc5)c24)c2ccccc2c1-3. The fourth-order valence-corrected chi connectivity index (χ4v) is 15.2. The second-order valence-electron chi connectivity index (χ2n) is 23.5. The standard InChI is InChI=1S/C76H54N2/c1-44-57-38-63-65(75(2,3)67-42-59(47-26-12-14-30-51(47)71(63)67)55-34-20-32-53-49-28-16-18-36-69(49)77(73(53)55)45-22-8-6-9-23-45)40-61(57)62-41-66-64(39-58(44)62)72-52-31-15-13-27-48(52)60(43-68(72)76(66,4)5)56-35-21-33-54-50-29-17-19-37-70(50)78(74(54)56)46-24-10-7-11-25-46/h6-44H,1-5H3. The van der Waals surface area contributed by atoms with Crippen molar-refractivity contribution in [3.8, 4) is 67.0 Å². The van der Waals surface area contributed by atoms with Crippen molar-refractivity contribution in [2.75, 3.05) is 0 Å². The lowest BCUT2D eigenvalue weighted by Gasteiger charge is -2.24. The minimum atomic E-state index is -0.249. The van der Waals surface area contributed by atoms with Gasteiger partial charge in [0.15, 0.2) is 0 Å². The van der Waals surface area contributed by atoms with Gasteiger partial charge in [-0.05, 0) is 172 Å². The number of rotatable bonds is 4. The Balaban J connectivity index is 0.833. The first kappa shape index (κ1) is 43.9. The predicted octanol–water partition coefficient (Wildman–Crippen LogP) is 20.3. The van der Waals surface area contributed by atoms with E-state index < -0.39 is 0 Å². The summed E-state index contributed by atoms with van der Waals surface area (Å²) in [6.45, 7) is 12.3. The Morgan fingerprint density at radius 1 is 0.282 bits per heavy atom. The number of nitrogens with zero attached hydrogens (tertiary/aromatic N) is 2. The highest BCUT2D eigenvalue weighted by atomic mass is 15.0. The highest BCUT2D eigenvalue weighted by Crippen LogP contribution is 2.61. The maximum absolute atomic E-state index is 2.61. The second-order valence-corrected chi connectivity index (χ2v) is 23.5. The van der Waals surface area contributed by atoms with Crippen LogP contribution in [0.5, 0.6) is 0 Å². The molecule has 0 saturated heterocycles. The lowest BCUT2D eigenvalue weighted by atomic mass is 9.79. The molecule has 14 aromatic rings. The summed E-state index contributed by atoms with van der Waals surface area (Å²) in [7, 11) is 0. The molecule has 3 aliphatic carbocycles. The van der Waals surface area contributed by atoms with Gasteiger partial charge in [0, 0.05) is 60.8 Å². The van der Waals surface area contributed by atoms with Gasteiger partial charge in [-0.2, -0.15) is 0 Å². The van der Waals surface area contributed by atoms with Crippen LogP contribution in [0, 0.1) is 0 Å². The fourth-order valence-electron chi connectivity index (χ4n) is 15.2. The molecular formula is C76H54N2. The number of benzene rings is 12. The molecule has 0 N–H and O–H groups in total. The van der Waals surface area contributed by atoms with Crippen molar-refractivity contribution in [1.29, 1.82) is 0 Å². The van der Waals surface area contributed by atoms with E-state index in [1.807, 2.05) is 0 Å². The minimum Gasteiger partial charge on any atom is -0.309 e. The van der Waals surface area contributed by atoms with E-state index in [0.29, 0.717) is 0 Å². The van der Waals surface area contributed by atoms with Crippen LogP contribution in [0.25, 0.3) is 132 Å². The van der Waals surface area contributed by atoms with Crippen molar-refractivity contribution >= 4 is 65.2 Å². The van der Waals surface area contributed by atoms with Crippen LogP contribution in [-0.4, -0.2) is 9.13 Å². The third-order valence-corrected chi connectivity index (χ3v) is 18.9. The topological polar surface area (TPSA) is 9.86 Å². The highest BCUT2D eigenvalue weighted by Gasteiger charge is 2.43. The van der Waals surface area contributed by atoms with Crippen LogP contribution in [0.1, 0.15) is 73.9 Å². The zero-order valence-corrected chi connectivity index (χ0v) is 44.4. The molecule has 0 amide bonds. The van der Waals surface area contributed by atoms with Crippen LogP contribution < -0.4 is 0 Å². The molecular weight excluding hydrogens is 941 g/mol. The molecule has 0 saturated carbocycles. The largest absolute Gasteiger partial charge is 0.309 e. The molecule has 368 valence electrons. The maximum Gasteiger partial charge on any atom is 0.0619 e. The molecule has 0 aliphatic heterocycles. The zero-order chi connectivity index (χ0) is 51.9. The average Bonchev–Trinajstić information content (AvgIpc) is 4.36. The Hall–Kier alpha value is -9.24. The Morgan fingerprint density at radius 3 is 1.05 bits per heavy atom. The highest BCUT2D eigenvalue weighted by molar-refractivity contribution is 6.20. The van der Waals surface area contributed by atoms with E-state index in [-0.39, 0.29) is 16.7 Å². The summed E-state index contributed by atoms with van der Waals surface area (Å²) in [5, 5.41) is 10.3. The van der Waals surface area contributed by atoms with E-state index in [9.17, 15) is 0 Å². The summed E-state index contributed by atoms with van der Waals surface area (Å²) in [6.07, 6.45) is 0. The molecule has 2 heterocycles. The van der Waals surface area contributed by atoms with Crippen molar-refractivity contribution in [2.45, 2.75) is 51.4 Å². The number of para-hydroxylation sites is 6. The molecule has 2 heteroatoms. The molecule has 0 fully saturated rings. The van der Waals surface area contributed by atoms with Crippen LogP contribution in [0.15, 0.2) is 231 Å². The van der Waals surface area contributed by atoms with Crippen LogP contribution >= 0.6 is 0 Å². The molecule has 0 atom stereocenters. The summed E-state index contributed by atoms with van der Waals surface area (Å²) < 4.78 is 4.97. The molecule has 0 unspecified atom stereocenters. The number of aromatic nitrogens is 2. The van der Waals surface area contributed by atoms with Crippen molar-refractivity contribution < 1.29 is 0 Å². The Bertz CT molecular complexity index is 4650. The summed E-state index contributed by atoms with van der Waals surface area (Å²) in [5.74, 6) is 0.232. The van der Waals surface area contributed by atoms with Crippen molar-refractivity contribution in [2.24, 2.45) is 0 Å². The third-order valence-electron chi connectivity index (χ3n) is 18.9. The molecule has 3 aliphatic rings. The van der Waals surface area contributed by atoms with Gasteiger partial charge in [0.05, 0.1) is 22.1 Å². The normalized spacial score (nSPS) is 14.6. The number of hydrogen-bond donors (Lipinski definition) is 0. The van der Waals surface area contributed by atoms with Gasteiger partial charge in [0.25, 0.3) is 0 Å². The van der Waals surface area contributed by atoms with Gasteiger partial charge >= 0.3 is 0 Å². The molecule has 2 nitrogen and oxygen atoms in total. The van der Waals surface area contributed by atoms with Crippen LogP contribution in [0.3, 0.4) is 0 Å². The van der Waals surface area contributed by atoms with Crippen molar-refractivity contribution in [1.82, 2.24) is 9.13 Å². The van der Waals surface area contributed by atoms with Gasteiger partial charge < -0.3 is 9.13 Å². The Morgan fingerprint density at radius 2 is 0.628 bits per heavy atom. The molecule has 12 aromatic carbocycles. The molecule has 0 spiro atoms. The van der Waals surface area contributed by atoms with Gasteiger partial charge in [-0.3, -0.25) is 0 Å². The van der Waals surface area contributed by atoms with Gasteiger partial charge in [0.1, 0.15) is 0 Å². The first-order valence-electron chi connectivity index (χ1n) is 27.8. The maximum atomic E-state index is 2.61. The lowest BCUT2D eigenvalue weighted by Crippen LogP contribution is -2.16. The quantitative estimate of drug-likeness (QED) is 0.166. The van der Waals surface area contributed by atoms with E-state index in [0.717, 1.165) is 0 Å². The molecule has 0 bridgehead atoms. The lowest BCUT2D eigenvalue weighted by molar-refractivity contribution is 0.660. The van der Waals surface area contributed by atoms with Gasteiger partial charge in [-0.25, -0.2) is 0 Å². The Labute approximate surface area is 454 Å².